The van der Waals surface area contributed by atoms with Crippen LogP contribution >= 0.6 is 0 Å². The summed E-state index contributed by atoms with van der Waals surface area (Å²) in [7, 11) is 0. The van der Waals surface area contributed by atoms with Crippen LogP contribution < -0.4 is 0 Å². The van der Waals surface area contributed by atoms with Crippen LogP contribution in [0.25, 0.3) is 0 Å². The van der Waals surface area contributed by atoms with Gasteiger partial charge in [0.05, 0.1) is 6.61 Å². The van der Waals surface area contributed by atoms with Gasteiger partial charge in [0.1, 0.15) is 12.7 Å². The average Bonchev–Trinajstić information content (AvgIpc) is 3.33. The summed E-state index contributed by atoms with van der Waals surface area (Å²) in [5.74, 6) is -2.90. The third-order valence-electron chi connectivity index (χ3n) is 13.0. The Morgan fingerprint density at radius 1 is 0.324 bits per heavy atom. The lowest BCUT2D eigenvalue weighted by molar-refractivity contribution is -0.157. The maximum atomic E-state index is 11.5. The number of esters is 1. The molecule has 4 atom stereocenters. The molecular weight excluding hydrogens is 861 g/mol. The molecule has 408 valence electrons. The summed E-state index contributed by atoms with van der Waals surface area (Å²) < 4.78 is 4.73. The molecule has 0 saturated heterocycles. The molecule has 0 aliphatic heterocycles. The number of aliphatic hydroxyl groups is 5. The number of carboxylic acids is 2. The lowest BCUT2D eigenvalue weighted by Crippen LogP contribution is -2.28. The van der Waals surface area contributed by atoms with Gasteiger partial charge < -0.3 is 40.5 Å². The van der Waals surface area contributed by atoms with Crippen molar-refractivity contribution in [3.63, 3.8) is 0 Å². The van der Waals surface area contributed by atoms with Crippen LogP contribution in [0.1, 0.15) is 310 Å². The molecule has 0 fully saturated rings. The molecule has 0 amide bonds. The minimum Gasteiger partial charge on any atom is -0.479 e. The van der Waals surface area contributed by atoms with Crippen LogP contribution in [-0.4, -0.2) is 91.3 Å². The van der Waals surface area contributed by atoms with E-state index < -0.39 is 48.9 Å². The van der Waals surface area contributed by atoms with Crippen molar-refractivity contribution in [2.24, 2.45) is 0 Å². The molecule has 0 saturated carbocycles. The molecule has 0 aromatic heterocycles. The summed E-state index contributed by atoms with van der Waals surface area (Å²) in [6.07, 6.45) is 50.5. The van der Waals surface area contributed by atoms with E-state index in [9.17, 15) is 19.5 Å². The minimum atomic E-state index is -1.16. The van der Waals surface area contributed by atoms with E-state index in [2.05, 4.69) is 20.8 Å². The van der Waals surface area contributed by atoms with Crippen molar-refractivity contribution in [1.82, 2.24) is 0 Å². The lowest BCUT2D eigenvalue weighted by Gasteiger charge is -2.12. The summed E-state index contributed by atoms with van der Waals surface area (Å²) in [6, 6.07) is 0. The largest absolute Gasteiger partial charge is 0.479 e. The lowest BCUT2D eigenvalue weighted by atomic mass is 10.0. The molecule has 7 N–H and O–H groups in total. The highest BCUT2D eigenvalue weighted by atomic mass is 16.6. The highest BCUT2D eigenvalue weighted by Crippen LogP contribution is 2.17. The van der Waals surface area contributed by atoms with E-state index >= 15 is 0 Å². The summed E-state index contributed by atoms with van der Waals surface area (Å²) >= 11 is 0. The molecule has 68 heavy (non-hydrogen) atoms. The number of aliphatic hydroxyl groups excluding tert-OH is 5. The van der Waals surface area contributed by atoms with E-state index in [4.69, 9.17) is 35.4 Å². The van der Waals surface area contributed by atoms with Gasteiger partial charge in [-0.3, -0.25) is 0 Å². The van der Waals surface area contributed by atoms with Gasteiger partial charge in [-0.25, -0.2) is 14.4 Å². The standard InChI is InChI=1S/C21H42O5.2C18H36O3/c1-2-3-4-5-6-7-8-9-10-11-12-13-14-15-16-20(24)21(25)26-18-19(23)17-22;2*1-2-3-4-5-6-7-8-9-10-11-12-13-14-15-16-17(19)18(20)21/h19-20,22-24H,2-18H2,1H3;2*17,19H,2-16H2,1H3,(H,20,21). The molecule has 0 heterocycles. The summed E-state index contributed by atoms with van der Waals surface area (Å²) in [4.78, 5) is 32.3. The molecule has 0 radical (unpaired) electrons. The smallest absolute Gasteiger partial charge is 0.335 e. The highest BCUT2D eigenvalue weighted by Gasteiger charge is 2.17. The van der Waals surface area contributed by atoms with E-state index in [1.165, 1.54) is 225 Å². The molecule has 11 heteroatoms. The van der Waals surface area contributed by atoms with Gasteiger partial charge in [0.2, 0.25) is 0 Å². The van der Waals surface area contributed by atoms with E-state index in [1.54, 1.807) is 0 Å². The Morgan fingerprint density at radius 3 is 0.706 bits per heavy atom. The number of carbonyl (C=O) groups excluding carboxylic acids is 1. The summed E-state index contributed by atoms with van der Waals surface area (Å²) in [5.41, 5.74) is 0. The van der Waals surface area contributed by atoms with Crippen LogP contribution in [0.15, 0.2) is 0 Å². The zero-order valence-corrected chi connectivity index (χ0v) is 44.8. The van der Waals surface area contributed by atoms with Gasteiger partial charge in [-0.1, -0.05) is 290 Å². The molecular formula is C57H114O11. The second-order valence-electron chi connectivity index (χ2n) is 19.8. The zero-order valence-electron chi connectivity index (χ0n) is 44.8. The van der Waals surface area contributed by atoms with Crippen molar-refractivity contribution in [1.29, 1.82) is 0 Å². The van der Waals surface area contributed by atoms with E-state index in [1.807, 2.05) is 0 Å². The topological polar surface area (TPSA) is 202 Å². The zero-order chi connectivity index (χ0) is 51.0. The van der Waals surface area contributed by atoms with Crippen LogP contribution in [0.2, 0.25) is 0 Å². The Labute approximate surface area is 418 Å². The molecule has 4 unspecified atom stereocenters. The maximum Gasteiger partial charge on any atom is 0.335 e. The van der Waals surface area contributed by atoms with Crippen molar-refractivity contribution in [2.45, 2.75) is 334 Å². The Kier molecular flexibility index (Phi) is 61.7. The first-order valence-electron chi connectivity index (χ1n) is 28.9. The molecule has 11 nitrogen and oxygen atoms in total. The number of carboxylic acid groups (broad SMARTS) is 2. The van der Waals surface area contributed by atoms with Crippen molar-refractivity contribution < 1.29 is 54.9 Å². The summed E-state index contributed by atoms with van der Waals surface area (Å²) in [6.45, 7) is 6.04. The number of aliphatic carboxylic acids is 2. The van der Waals surface area contributed by atoms with Crippen LogP contribution in [0.3, 0.4) is 0 Å². The van der Waals surface area contributed by atoms with Crippen molar-refractivity contribution in [3.8, 4) is 0 Å². The van der Waals surface area contributed by atoms with Crippen LogP contribution in [0.5, 0.6) is 0 Å². The first-order valence-corrected chi connectivity index (χ1v) is 28.9. The van der Waals surface area contributed by atoms with Gasteiger partial charge in [0.15, 0.2) is 18.3 Å². The van der Waals surface area contributed by atoms with E-state index in [0.29, 0.717) is 19.3 Å². The Bertz CT molecular complexity index is 964. The third kappa shape index (κ3) is 60.3. The molecule has 0 rings (SSSR count). The van der Waals surface area contributed by atoms with Crippen LogP contribution in [0, 0.1) is 0 Å². The fraction of sp³-hybridized carbons (Fsp3) is 0.947. The fourth-order valence-electron chi connectivity index (χ4n) is 8.29. The number of ether oxygens (including phenoxy) is 1. The molecule has 0 aliphatic carbocycles. The summed E-state index contributed by atoms with van der Waals surface area (Å²) in [5, 5.41) is 62.7. The average molecular weight is 976 g/mol. The van der Waals surface area contributed by atoms with Crippen molar-refractivity contribution in [3.05, 3.63) is 0 Å². The number of unbranched alkanes of at least 4 members (excludes halogenated alkanes) is 39. The van der Waals surface area contributed by atoms with E-state index in [-0.39, 0.29) is 6.61 Å². The van der Waals surface area contributed by atoms with Gasteiger partial charge in [-0.05, 0) is 19.3 Å². The predicted octanol–water partition coefficient (Wildman–Crippen LogP) is 14.7. The number of hydrogen-bond acceptors (Lipinski definition) is 9. The normalized spacial score (nSPS) is 12.9. The monoisotopic (exact) mass is 975 g/mol. The Hall–Kier alpha value is -1.79. The van der Waals surface area contributed by atoms with Gasteiger partial charge in [-0.2, -0.15) is 0 Å². The third-order valence-corrected chi connectivity index (χ3v) is 13.0. The van der Waals surface area contributed by atoms with Crippen molar-refractivity contribution in [2.75, 3.05) is 13.2 Å². The SMILES string of the molecule is CCCCCCCCCCCCCCCCC(O)C(=O)O.CCCCCCCCCCCCCCCCC(O)C(=O)O.CCCCCCCCCCCCCCCCC(O)C(=O)OCC(O)CO. The second kappa shape index (κ2) is 59.5. The van der Waals surface area contributed by atoms with Crippen LogP contribution in [-0.2, 0) is 19.1 Å². The van der Waals surface area contributed by atoms with Gasteiger partial charge in [0.25, 0.3) is 0 Å². The number of carbonyl (C=O) groups is 3. The Balaban J connectivity index is -0.000000940. The predicted molar refractivity (Wildman–Crippen MR) is 282 cm³/mol. The Morgan fingerprint density at radius 2 is 0.515 bits per heavy atom. The number of hydrogen-bond donors (Lipinski definition) is 7. The molecule has 0 aromatic rings. The van der Waals surface area contributed by atoms with Gasteiger partial charge in [-0.15, -0.1) is 0 Å². The van der Waals surface area contributed by atoms with E-state index in [0.717, 1.165) is 44.9 Å². The molecule has 0 aromatic carbocycles. The number of rotatable bonds is 51. The van der Waals surface area contributed by atoms with Gasteiger partial charge >= 0.3 is 17.9 Å². The maximum absolute atomic E-state index is 11.5. The van der Waals surface area contributed by atoms with Crippen LogP contribution in [0.4, 0.5) is 0 Å². The molecule has 0 bridgehead atoms. The second-order valence-corrected chi connectivity index (χ2v) is 19.8. The minimum absolute atomic E-state index is 0.273. The first kappa shape index (κ1) is 70.5. The van der Waals surface area contributed by atoms with Gasteiger partial charge in [0, 0.05) is 0 Å². The fourth-order valence-corrected chi connectivity index (χ4v) is 8.29. The molecule has 0 spiro atoms. The first-order chi connectivity index (χ1) is 33.0. The molecule has 0 aliphatic rings. The van der Waals surface area contributed by atoms with Crippen molar-refractivity contribution >= 4 is 17.9 Å². The quantitative estimate of drug-likeness (QED) is 0.0226. The highest BCUT2D eigenvalue weighted by molar-refractivity contribution is 5.74.